The number of nitrogens with zero attached hydrogens (tertiary/aromatic N) is 1. The molecule has 2 aliphatic carbocycles. The largest absolute Gasteiger partial charge is 0.456 e. The summed E-state index contributed by atoms with van der Waals surface area (Å²) in [5.74, 6) is 0. The smallest absolute Gasteiger partial charge is 0.137 e. The van der Waals surface area contributed by atoms with Crippen molar-refractivity contribution in [3.8, 4) is 44.5 Å². The average Bonchev–Trinajstić information content (AvgIpc) is 3.99. The Morgan fingerprint density at radius 3 is 1.48 bits per heavy atom. The van der Waals surface area contributed by atoms with E-state index in [0.29, 0.717) is 0 Å². The third-order valence-corrected chi connectivity index (χ3v) is 13.9. The van der Waals surface area contributed by atoms with Crippen molar-refractivity contribution in [2.24, 2.45) is 0 Å². The highest BCUT2D eigenvalue weighted by Gasteiger charge is 2.50. The predicted molar refractivity (Wildman–Crippen MR) is 263 cm³/mol. The molecule has 2 heterocycles. The zero-order valence-corrected chi connectivity index (χ0v) is 34.6. The summed E-state index contributed by atoms with van der Waals surface area (Å²) in [6, 6.07) is 81.9. The summed E-state index contributed by atoms with van der Waals surface area (Å²) in [6.45, 7) is 0. The maximum Gasteiger partial charge on any atom is 0.137 e. The van der Waals surface area contributed by atoms with Crippen LogP contribution in [-0.2, 0) is 5.41 Å². The highest BCUT2D eigenvalue weighted by atomic mass is 16.3. The van der Waals surface area contributed by atoms with Gasteiger partial charge in [-0.05, 0) is 116 Å². The molecule has 0 amide bonds. The first-order chi connectivity index (χ1) is 31.7. The second kappa shape index (κ2) is 13.3. The molecule has 298 valence electrons. The molecule has 2 aromatic heterocycles. The van der Waals surface area contributed by atoms with E-state index >= 15 is 0 Å². The van der Waals surface area contributed by atoms with Gasteiger partial charge in [0, 0.05) is 44.5 Å². The molecule has 0 aliphatic heterocycles. The van der Waals surface area contributed by atoms with Crippen LogP contribution in [0.4, 0.5) is 17.1 Å². The SMILES string of the molecule is c1ccc(-c2ccccc2N(c2ccc3c(c2)C2(c4ccccc4-c4ccccc4-3)c3ccccc3-c3cc4oc5ccccc5c4cc32)c2ccc3c(c2)oc2ccccc23)cc1. The normalized spacial score (nSPS) is 14.6. The summed E-state index contributed by atoms with van der Waals surface area (Å²) >= 11 is 0. The fourth-order valence-electron chi connectivity index (χ4n) is 11.2. The molecule has 2 aliphatic rings. The molecule has 0 saturated carbocycles. The Kier molecular flexibility index (Phi) is 7.32. The zero-order chi connectivity index (χ0) is 41.9. The molecule has 1 unspecified atom stereocenters. The second-order valence-corrected chi connectivity index (χ2v) is 17.1. The molecule has 64 heavy (non-hydrogen) atoms. The molecule has 0 fully saturated rings. The highest BCUT2D eigenvalue weighted by Crippen LogP contribution is 2.63. The van der Waals surface area contributed by atoms with Crippen LogP contribution in [0.15, 0.2) is 233 Å². The van der Waals surface area contributed by atoms with E-state index in [4.69, 9.17) is 8.83 Å². The molecule has 14 rings (SSSR count). The lowest BCUT2D eigenvalue weighted by atomic mass is 9.65. The van der Waals surface area contributed by atoms with Gasteiger partial charge in [0.2, 0.25) is 0 Å². The number of hydrogen-bond acceptors (Lipinski definition) is 3. The van der Waals surface area contributed by atoms with Gasteiger partial charge in [0.05, 0.1) is 11.1 Å². The summed E-state index contributed by atoms with van der Waals surface area (Å²) < 4.78 is 13.2. The van der Waals surface area contributed by atoms with E-state index in [2.05, 4.69) is 223 Å². The van der Waals surface area contributed by atoms with E-state index < -0.39 is 5.41 Å². The standard InChI is InChI=1S/C61H37NO2/c1-2-16-38(17-3-1)41-18-8-13-27-56(41)62(40-31-33-49-47-23-9-14-28-57(47)63-59(49)35-40)39-30-32-46-43-20-5-4-19-42(43)44-21-6-11-25-52(44)61(54(46)34-39)53-26-12-7-22-45(53)50-37-60-51(36-55(50)61)48-24-10-15-29-58(48)64-60/h1-37H. The van der Waals surface area contributed by atoms with Crippen molar-refractivity contribution in [1.29, 1.82) is 0 Å². The number of para-hydroxylation sites is 3. The second-order valence-electron chi connectivity index (χ2n) is 17.1. The Labute approximate surface area is 369 Å². The molecule has 1 atom stereocenters. The van der Waals surface area contributed by atoms with Crippen LogP contribution in [0.3, 0.4) is 0 Å². The van der Waals surface area contributed by atoms with Crippen LogP contribution in [0.1, 0.15) is 22.3 Å². The lowest BCUT2D eigenvalue weighted by Crippen LogP contribution is -2.29. The summed E-state index contributed by atoms with van der Waals surface area (Å²) in [5, 5.41) is 4.45. The third-order valence-electron chi connectivity index (χ3n) is 13.9. The van der Waals surface area contributed by atoms with Crippen LogP contribution in [0.2, 0.25) is 0 Å². The highest BCUT2D eigenvalue weighted by molar-refractivity contribution is 6.10. The van der Waals surface area contributed by atoms with E-state index in [-0.39, 0.29) is 0 Å². The number of fused-ring (bicyclic) bond motifs is 18. The van der Waals surface area contributed by atoms with Gasteiger partial charge < -0.3 is 13.7 Å². The quantitative estimate of drug-likeness (QED) is 0.177. The number of rotatable bonds is 4. The van der Waals surface area contributed by atoms with Gasteiger partial charge in [0.25, 0.3) is 0 Å². The van der Waals surface area contributed by atoms with Crippen molar-refractivity contribution in [1.82, 2.24) is 0 Å². The fraction of sp³-hybridized carbons (Fsp3) is 0.0164. The minimum absolute atomic E-state index is 0.702. The Hall–Kier alpha value is -8.40. The fourth-order valence-corrected chi connectivity index (χ4v) is 11.2. The molecule has 3 nitrogen and oxygen atoms in total. The number of benzene rings is 10. The Balaban J connectivity index is 1.12. The minimum Gasteiger partial charge on any atom is -0.456 e. The number of hydrogen-bond donors (Lipinski definition) is 0. The lowest BCUT2D eigenvalue weighted by Gasteiger charge is -2.36. The van der Waals surface area contributed by atoms with Crippen LogP contribution in [0.5, 0.6) is 0 Å². The van der Waals surface area contributed by atoms with Crippen LogP contribution in [0.25, 0.3) is 88.4 Å². The predicted octanol–water partition coefficient (Wildman–Crippen LogP) is 16.6. The Bertz CT molecular complexity index is 3870. The van der Waals surface area contributed by atoms with Gasteiger partial charge in [-0.2, -0.15) is 0 Å². The van der Waals surface area contributed by atoms with Gasteiger partial charge in [-0.3, -0.25) is 0 Å². The summed E-state index contributed by atoms with van der Waals surface area (Å²) in [7, 11) is 0. The van der Waals surface area contributed by atoms with Crippen molar-refractivity contribution in [3.05, 3.63) is 247 Å². The maximum atomic E-state index is 6.61. The zero-order valence-electron chi connectivity index (χ0n) is 34.6. The average molecular weight is 816 g/mol. The number of furan rings is 2. The van der Waals surface area contributed by atoms with Crippen LogP contribution < -0.4 is 4.90 Å². The molecule has 0 N–H and O–H groups in total. The molecule has 3 heteroatoms. The Morgan fingerprint density at radius 2 is 0.766 bits per heavy atom. The van der Waals surface area contributed by atoms with Gasteiger partial charge >= 0.3 is 0 Å². The minimum atomic E-state index is -0.702. The van der Waals surface area contributed by atoms with Crippen molar-refractivity contribution in [3.63, 3.8) is 0 Å². The first kappa shape index (κ1) is 35.2. The van der Waals surface area contributed by atoms with E-state index in [1.807, 2.05) is 6.07 Å². The summed E-state index contributed by atoms with van der Waals surface area (Å²) in [6.07, 6.45) is 0. The van der Waals surface area contributed by atoms with Crippen molar-refractivity contribution in [2.75, 3.05) is 4.90 Å². The van der Waals surface area contributed by atoms with Crippen molar-refractivity contribution in [2.45, 2.75) is 5.41 Å². The molecule has 10 aromatic carbocycles. The summed E-state index contributed by atoms with van der Waals surface area (Å²) in [5.41, 5.74) is 20.6. The molecular formula is C61H37NO2. The third kappa shape index (κ3) is 4.81. The van der Waals surface area contributed by atoms with Crippen LogP contribution in [0, 0.1) is 0 Å². The van der Waals surface area contributed by atoms with E-state index in [9.17, 15) is 0 Å². The van der Waals surface area contributed by atoms with Crippen molar-refractivity contribution < 1.29 is 8.83 Å². The Morgan fingerprint density at radius 1 is 0.281 bits per heavy atom. The maximum absolute atomic E-state index is 6.61. The van der Waals surface area contributed by atoms with Crippen LogP contribution in [-0.4, -0.2) is 0 Å². The lowest BCUT2D eigenvalue weighted by molar-refractivity contribution is 0.668. The molecule has 12 aromatic rings. The van der Waals surface area contributed by atoms with Crippen molar-refractivity contribution >= 4 is 60.9 Å². The van der Waals surface area contributed by atoms with E-state index in [1.54, 1.807) is 0 Å². The van der Waals surface area contributed by atoms with Crippen LogP contribution >= 0.6 is 0 Å². The monoisotopic (exact) mass is 815 g/mol. The van der Waals surface area contributed by atoms with Gasteiger partial charge in [0.1, 0.15) is 22.3 Å². The molecule has 0 radical (unpaired) electrons. The van der Waals surface area contributed by atoms with Gasteiger partial charge in [-0.1, -0.05) is 164 Å². The first-order valence-corrected chi connectivity index (χ1v) is 22.0. The van der Waals surface area contributed by atoms with E-state index in [0.717, 1.165) is 72.1 Å². The first-order valence-electron chi connectivity index (χ1n) is 22.0. The van der Waals surface area contributed by atoms with Gasteiger partial charge in [-0.15, -0.1) is 0 Å². The van der Waals surface area contributed by atoms with Gasteiger partial charge in [-0.25, -0.2) is 0 Å². The van der Waals surface area contributed by atoms with E-state index in [1.165, 1.54) is 55.6 Å². The molecule has 0 bridgehead atoms. The topological polar surface area (TPSA) is 29.5 Å². The van der Waals surface area contributed by atoms with Gasteiger partial charge in [0.15, 0.2) is 0 Å². The molecular weight excluding hydrogens is 779 g/mol. The molecule has 0 saturated heterocycles. The number of anilines is 3. The molecule has 1 spiro atoms. The summed E-state index contributed by atoms with van der Waals surface area (Å²) in [4.78, 5) is 2.43.